The molecular weight excluding hydrogens is 462 g/mol. The summed E-state index contributed by atoms with van der Waals surface area (Å²) >= 11 is 0. The van der Waals surface area contributed by atoms with Crippen LogP contribution in [0, 0.1) is 18.3 Å². The Morgan fingerprint density at radius 1 is 1.15 bits per heavy atom. The highest BCUT2D eigenvalue weighted by Gasteiger charge is 2.33. The highest BCUT2D eigenvalue weighted by atomic mass is 32.2. The van der Waals surface area contributed by atoms with Crippen molar-refractivity contribution in [1.29, 1.82) is 5.26 Å². The second kappa shape index (κ2) is 10.4. The van der Waals surface area contributed by atoms with Crippen molar-refractivity contribution in [3.63, 3.8) is 0 Å². The van der Waals surface area contributed by atoms with Gasteiger partial charge < -0.3 is 15.3 Å². The van der Waals surface area contributed by atoms with Crippen LogP contribution < -0.4 is 5.56 Å². The van der Waals surface area contributed by atoms with Crippen LogP contribution in [0.25, 0.3) is 0 Å². The minimum Gasteiger partial charge on any atom is -0.493 e. The number of hydrogen-bond acceptors (Lipinski definition) is 9. The van der Waals surface area contributed by atoms with Gasteiger partial charge in [-0.2, -0.15) is 14.7 Å². The maximum absolute atomic E-state index is 12.8. The van der Waals surface area contributed by atoms with E-state index >= 15 is 0 Å². The van der Waals surface area contributed by atoms with Gasteiger partial charge in [0.1, 0.15) is 11.6 Å². The van der Waals surface area contributed by atoms with E-state index in [0.29, 0.717) is 6.42 Å². The largest absolute Gasteiger partial charge is 0.493 e. The van der Waals surface area contributed by atoms with Crippen LogP contribution in [0.15, 0.2) is 44.2 Å². The van der Waals surface area contributed by atoms with Gasteiger partial charge in [0.15, 0.2) is 5.69 Å². The Morgan fingerprint density at radius 3 is 2.32 bits per heavy atom. The molecule has 0 radical (unpaired) electrons. The van der Waals surface area contributed by atoms with E-state index in [1.807, 2.05) is 13.0 Å². The van der Waals surface area contributed by atoms with Crippen molar-refractivity contribution in [2.75, 3.05) is 13.1 Å². The van der Waals surface area contributed by atoms with Crippen molar-refractivity contribution in [3.8, 4) is 11.9 Å². The van der Waals surface area contributed by atoms with Gasteiger partial charge in [0, 0.05) is 31.6 Å². The second-order valence-corrected chi connectivity index (χ2v) is 10.1. The molecule has 12 heteroatoms. The molecule has 0 spiro atoms. The number of nitriles is 1. The molecule has 3 N–H and O–H groups in total. The van der Waals surface area contributed by atoms with Gasteiger partial charge in [-0.1, -0.05) is 13.3 Å². The minimum absolute atomic E-state index is 0.0396. The number of β-amino-alcohol motifs (C(OH)–C–C–N with tert-alkyl or cyclic N) is 2. The lowest BCUT2D eigenvalue weighted by molar-refractivity contribution is 0.0213. The molecule has 0 saturated carbocycles. The van der Waals surface area contributed by atoms with E-state index in [4.69, 9.17) is 0 Å². The summed E-state index contributed by atoms with van der Waals surface area (Å²) in [7, 11) is -3.93. The Morgan fingerprint density at radius 2 is 1.76 bits per heavy atom. The number of piperidine rings is 1. The lowest BCUT2D eigenvalue weighted by Gasteiger charge is -2.32. The number of aliphatic hydroxyl groups excluding tert-OH is 2. The van der Waals surface area contributed by atoms with E-state index in [0.717, 1.165) is 15.3 Å². The summed E-state index contributed by atoms with van der Waals surface area (Å²) in [5.41, 5.74) is -0.255. The Bertz CT molecular complexity index is 1270. The minimum atomic E-state index is -3.93. The Kier molecular flexibility index (Phi) is 7.83. The summed E-state index contributed by atoms with van der Waals surface area (Å²) in [6.07, 6.45) is -0.364. The van der Waals surface area contributed by atoms with Crippen LogP contribution in [0.2, 0.25) is 0 Å². The number of benzene rings is 1. The highest BCUT2D eigenvalue weighted by molar-refractivity contribution is 7.89. The second-order valence-electron chi connectivity index (χ2n) is 8.15. The van der Waals surface area contributed by atoms with Crippen LogP contribution in [0.4, 0.5) is 11.4 Å². The van der Waals surface area contributed by atoms with E-state index in [-0.39, 0.29) is 53.5 Å². The quantitative estimate of drug-likeness (QED) is 0.500. The summed E-state index contributed by atoms with van der Waals surface area (Å²) in [5.74, 6) is -0.403. The van der Waals surface area contributed by atoms with E-state index in [9.17, 15) is 33.8 Å². The first-order chi connectivity index (χ1) is 16.1. The van der Waals surface area contributed by atoms with Gasteiger partial charge in [0.2, 0.25) is 15.9 Å². The van der Waals surface area contributed by atoms with Crippen LogP contribution in [0.1, 0.15) is 37.3 Å². The number of nitrogens with zero attached hydrogens (tertiary/aromatic N) is 5. The molecule has 2 atom stereocenters. The average Bonchev–Trinajstić information content (AvgIpc) is 2.79. The van der Waals surface area contributed by atoms with E-state index in [1.54, 1.807) is 0 Å². The first kappa shape index (κ1) is 25.5. The van der Waals surface area contributed by atoms with E-state index < -0.39 is 33.7 Å². The molecule has 0 bridgehead atoms. The lowest BCUT2D eigenvalue weighted by atomic mass is 10.1. The molecule has 1 fully saturated rings. The smallest absolute Gasteiger partial charge is 0.281 e. The lowest BCUT2D eigenvalue weighted by Crippen LogP contribution is -2.48. The van der Waals surface area contributed by atoms with Crippen molar-refractivity contribution in [2.45, 2.75) is 56.8 Å². The topological polar surface area (TPSA) is 169 Å². The van der Waals surface area contributed by atoms with Gasteiger partial charge in [-0.05, 0) is 37.6 Å². The zero-order chi connectivity index (χ0) is 25.0. The Balaban J connectivity index is 1.90. The van der Waals surface area contributed by atoms with Gasteiger partial charge in [-0.15, -0.1) is 5.11 Å². The first-order valence-electron chi connectivity index (χ1n) is 10.8. The van der Waals surface area contributed by atoms with E-state index in [2.05, 4.69) is 10.2 Å². The molecule has 2 heterocycles. The number of unbranched alkanes of at least 4 members (excludes halogenated alkanes) is 1. The zero-order valence-corrected chi connectivity index (χ0v) is 19.7. The molecule has 2 unspecified atom stereocenters. The molecule has 1 aromatic heterocycles. The fraction of sp³-hybridized carbons (Fsp3) is 0.455. The molecule has 34 heavy (non-hydrogen) atoms. The van der Waals surface area contributed by atoms with Gasteiger partial charge >= 0.3 is 0 Å². The molecule has 182 valence electrons. The number of hydrogen-bond donors (Lipinski definition) is 3. The molecule has 1 saturated heterocycles. The number of aromatic nitrogens is 1. The molecular formula is C22H27N5O6S. The van der Waals surface area contributed by atoms with Crippen LogP contribution in [-0.2, 0) is 16.6 Å². The standard InChI is InChI=1S/C22H27N5O6S/c1-3-4-9-27-21(30)19(11-23)14(2)20(22(27)31)25-24-15-5-7-18(8-6-15)34(32,33)26-12-16(28)10-17(29)13-26/h5-8,16-17,28-30H,3-4,9-10,12-13H2,1-2H3. The maximum atomic E-state index is 12.8. The number of aromatic hydroxyl groups is 1. The molecule has 1 aliphatic heterocycles. The SMILES string of the molecule is CCCCn1c(O)c(C#N)c(C)c(N=Nc2ccc(S(=O)(=O)N3CC(O)CC(O)C3)cc2)c1=O. The normalized spacial score (nSPS) is 19.4. The fourth-order valence-electron chi connectivity index (χ4n) is 3.73. The monoisotopic (exact) mass is 489 g/mol. The molecule has 1 aromatic carbocycles. The summed E-state index contributed by atoms with van der Waals surface area (Å²) in [5, 5.41) is 47.3. The molecule has 0 aliphatic carbocycles. The molecule has 2 aromatic rings. The van der Waals surface area contributed by atoms with Gasteiger partial charge in [0.25, 0.3) is 5.56 Å². The van der Waals surface area contributed by atoms with Crippen molar-refractivity contribution in [3.05, 3.63) is 45.7 Å². The third kappa shape index (κ3) is 5.18. The zero-order valence-electron chi connectivity index (χ0n) is 18.9. The molecule has 0 amide bonds. The number of aliphatic hydroxyl groups is 2. The number of azo groups is 1. The average molecular weight is 490 g/mol. The highest BCUT2D eigenvalue weighted by Crippen LogP contribution is 2.28. The summed E-state index contributed by atoms with van der Waals surface area (Å²) in [4.78, 5) is 12.8. The van der Waals surface area contributed by atoms with Crippen molar-refractivity contribution in [2.24, 2.45) is 10.2 Å². The van der Waals surface area contributed by atoms with Crippen molar-refractivity contribution < 1.29 is 23.7 Å². The van der Waals surface area contributed by atoms with Crippen LogP contribution in [0.5, 0.6) is 5.88 Å². The molecule has 3 rings (SSSR count). The summed E-state index contributed by atoms with van der Waals surface area (Å²) in [6.45, 7) is 3.45. The van der Waals surface area contributed by atoms with Crippen molar-refractivity contribution >= 4 is 21.4 Å². The molecule has 11 nitrogen and oxygen atoms in total. The Hall–Kier alpha value is -3.11. The first-order valence-corrected chi connectivity index (χ1v) is 12.3. The predicted molar refractivity (Wildman–Crippen MR) is 123 cm³/mol. The number of sulfonamides is 1. The number of pyridine rings is 1. The maximum Gasteiger partial charge on any atom is 0.281 e. The fourth-order valence-corrected chi connectivity index (χ4v) is 5.24. The van der Waals surface area contributed by atoms with Gasteiger partial charge in [-0.25, -0.2) is 8.42 Å². The summed E-state index contributed by atoms with van der Waals surface area (Å²) < 4.78 is 27.8. The summed E-state index contributed by atoms with van der Waals surface area (Å²) in [6, 6.07) is 7.34. The van der Waals surface area contributed by atoms with Crippen LogP contribution in [-0.4, -0.2) is 57.9 Å². The van der Waals surface area contributed by atoms with Gasteiger partial charge in [-0.3, -0.25) is 9.36 Å². The number of rotatable bonds is 7. The van der Waals surface area contributed by atoms with Crippen LogP contribution in [0.3, 0.4) is 0 Å². The van der Waals surface area contributed by atoms with Gasteiger partial charge in [0.05, 0.1) is 22.8 Å². The van der Waals surface area contributed by atoms with Crippen molar-refractivity contribution in [1.82, 2.24) is 8.87 Å². The Labute approximate surface area is 197 Å². The van der Waals surface area contributed by atoms with E-state index in [1.165, 1.54) is 31.2 Å². The third-order valence-corrected chi connectivity index (χ3v) is 7.46. The van der Waals surface area contributed by atoms with Crippen LogP contribution >= 0.6 is 0 Å². The molecule has 1 aliphatic rings. The third-order valence-electron chi connectivity index (χ3n) is 5.62. The predicted octanol–water partition coefficient (Wildman–Crippen LogP) is 2.07.